The molecule has 3 atom stereocenters. The van der Waals surface area contributed by atoms with Gasteiger partial charge in [-0.3, -0.25) is 9.69 Å². The van der Waals surface area contributed by atoms with E-state index in [2.05, 4.69) is 22.5 Å². The average Bonchev–Trinajstić information content (AvgIpc) is 2.95. The Kier molecular flexibility index (Phi) is 9.63. The van der Waals surface area contributed by atoms with Crippen molar-refractivity contribution in [2.75, 3.05) is 44.5 Å². The van der Waals surface area contributed by atoms with Crippen LogP contribution in [-0.4, -0.2) is 72.8 Å². The lowest BCUT2D eigenvalue weighted by atomic mass is 9.99. The number of carbonyl (C=O) groups is 2. The molecule has 0 aromatic heterocycles. The van der Waals surface area contributed by atoms with E-state index in [1.807, 2.05) is 56.4 Å². The van der Waals surface area contributed by atoms with Crippen LogP contribution in [0.15, 0.2) is 72.8 Å². The normalized spacial score (nSPS) is 17.8. The molecule has 0 radical (unpaired) electrons. The Hall–Kier alpha value is -4.08. The van der Waals surface area contributed by atoms with Gasteiger partial charge in [0.15, 0.2) is 0 Å². The topological polar surface area (TPSA) is 103 Å². The standard InChI is InChI=1S/C31H38N4O5/c1-21-17-35(22(2)20-36)30(37)27-16-25(33-31(38)32-24-8-6-5-7-9-24)12-15-28(27)40-29(21)19-34(3)18-23-10-13-26(39-4)14-11-23/h5-16,21-22,29,36H,17-20H2,1-4H3,(H2,32,33,38)/t21-,22-,29+/m1/s1. The molecule has 0 fully saturated rings. The Morgan fingerprint density at radius 2 is 1.80 bits per heavy atom. The molecule has 0 saturated heterocycles. The first-order valence-electron chi connectivity index (χ1n) is 13.4. The maximum Gasteiger partial charge on any atom is 0.323 e. The largest absolute Gasteiger partial charge is 0.497 e. The second kappa shape index (κ2) is 13.3. The van der Waals surface area contributed by atoms with Gasteiger partial charge in [-0.2, -0.15) is 0 Å². The molecule has 1 aliphatic heterocycles. The van der Waals surface area contributed by atoms with E-state index in [1.165, 1.54) is 0 Å². The third-order valence-electron chi connectivity index (χ3n) is 7.06. The van der Waals surface area contributed by atoms with Crippen LogP contribution in [-0.2, 0) is 6.54 Å². The number of aliphatic hydroxyl groups is 1. The van der Waals surface area contributed by atoms with Gasteiger partial charge in [0.1, 0.15) is 17.6 Å². The molecule has 0 spiro atoms. The smallest absolute Gasteiger partial charge is 0.323 e. The number of anilines is 2. The third kappa shape index (κ3) is 7.31. The summed E-state index contributed by atoms with van der Waals surface area (Å²) >= 11 is 0. The summed E-state index contributed by atoms with van der Waals surface area (Å²) in [5.74, 6) is 1.01. The van der Waals surface area contributed by atoms with E-state index in [0.29, 0.717) is 35.8 Å². The highest BCUT2D eigenvalue weighted by molar-refractivity contribution is 6.02. The minimum absolute atomic E-state index is 0.00105. The monoisotopic (exact) mass is 546 g/mol. The van der Waals surface area contributed by atoms with Crippen LogP contribution < -0.4 is 20.1 Å². The molecule has 9 nitrogen and oxygen atoms in total. The molecule has 1 aliphatic rings. The first-order chi connectivity index (χ1) is 19.3. The molecule has 0 bridgehead atoms. The van der Waals surface area contributed by atoms with E-state index in [9.17, 15) is 14.7 Å². The predicted molar refractivity (Wildman–Crippen MR) is 156 cm³/mol. The Morgan fingerprint density at radius 3 is 2.48 bits per heavy atom. The fraction of sp³-hybridized carbons (Fsp3) is 0.355. The van der Waals surface area contributed by atoms with E-state index in [1.54, 1.807) is 42.3 Å². The van der Waals surface area contributed by atoms with Crippen molar-refractivity contribution >= 4 is 23.3 Å². The SMILES string of the molecule is COc1ccc(CN(C)C[C@@H]2Oc3ccc(NC(=O)Nc4ccccc4)cc3C(=O)N([C@H](C)CO)C[C@H]2C)cc1. The Labute approximate surface area is 235 Å². The highest BCUT2D eigenvalue weighted by atomic mass is 16.5. The van der Waals surface area contributed by atoms with E-state index in [-0.39, 0.29) is 30.6 Å². The first kappa shape index (κ1) is 28.9. The van der Waals surface area contributed by atoms with Crippen molar-refractivity contribution in [3.63, 3.8) is 0 Å². The lowest BCUT2D eigenvalue weighted by molar-refractivity contribution is 0.0341. The molecule has 0 saturated carbocycles. The highest BCUT2D eigenvalue weighted by Crippen LogP contribution is 2.31. The van der Waals surface area contributed by atoms with Gasteiger partial charge in [-0.1, -0.05) is 37.3 Å². The second-order valence-electron chi connectivity index (χ2n) is 10.3. The molecule has 40 heavy (non-hydrogen) atoms. The molecule has 9 heteroatoms. The van der Waals surface area contributed by atoms with Gasteiger partial charge in [-0.15, -0.1) is 0 Å². The molecule has 3 aromatic rings. The summed E-state index contributed by atoms with van der Waals surface area (Å²) in [4.78, 5) is 30.1. The van der Waals surface area contributed by atoms with Crippen molar-refractivity contribution in [2.24, 2.45) is 5.92 Å². The van der Waals surface area contributed by atoms with Gasteiger partial charge in [0, 0.05) is 36.9 Å². The van der Waals surface area contributed by atoms with Gasteiger partial charge in [0.25, 0.3) is 5.91 Å². The molecular formula is C31H38N4O5. The lowest BCUT2D eigenvalue weighted by Gasteiger charge is -2.38. The lowest BCUT2D eigenvalue weighted by Crippen LogP contribution is -2.49. The van der Waals surface area contributed by atoms with Crippen LogP contribution in [0.3, 0.4) is 0 Å². The second-order valence-corrected chi connectivity index (χ2v) is 10.3. The van der Waals surface area contributed by atoms with E-state index in [0.717, 1.165) is 17.9 Å². The Morgan fingerprint density at radius 1 is 1.10 bits per heavy atom. The number of nitrogens with zero attached hydrogens (tertiary/aromatic N) is 2. The molecular weight excluding hydrogens is 508 g/mol. The van der Waals surface area contributed by atoms with Crippen molar-refractivity contribution in [1.29, 1.82) is 0 Å². The zero-order valence-electron chi connectivity index (χ0n) is 23.5. The summed E-state index contributed by atoms with van der Waals surface area (Å²) in [5, 5.41) is 15.5. The fourth-order valence-corrected chi connectivity index (χ4v) is 4.75. The van der Waals surface area contributed by atoms with Crippen LogP contribution >= 0.6 is 0 Å². The van der Waals surface area contributed by atoms with Crippen molar-refractivity contribution < 1.29 is 24.2 Å². The van der Waals surface area contributed by atoms with Gasteiger partial charge in [0.2, 0.25) is 0 Å². The van der Waals surface area contributed by atoms with Crippen LogP contribution in [0.2, 0.25) is 0 Å². The number of urea groups is 1. The minimum Gasteiger partial charge on any atom is -0.497 e. The summed E-state index contributed by atoms with van der Waals surface area (Å²) < 4.78 is 11.7. The zero-order chi connectivity index (χ0) is 28.6. The molecule has 0 unspecified atom stereocenters. The van der Waals surface area contributed by atoms with Crippen LogP contribution in [0.25, 0.3) is 0 Å². The Bertz CT molecular complexity index is 1280. The number of hydrogen-bond donors (Lipinski definition) is 3. The molecule has 212 valence electrons. The first-order valence-corrected chi connectivity index (χ1v) is 13.4. The van der Waals surface area contributed by atoms with Gasteiger partial charge < -0.3 is 30.1 Å². The van der Waals surface area contributed by atoms with Gasteiger partial charge in [-0.05, 0) is 62.0 Å². The highest BCUT2D eigenvalue weighted by Gasteiger charge is 2.33. The number of fused-ring (bicyclic) bond motifs is 1. The van der Waals surface area contributed by atoms with E-state index in [4.69, 9.17) is 9.47 Å². The van der Waals surface area contributed by atoms with Crippen LogP contribution in [0.4, 0.5) is 16.2 Å². The molecule has 3 N–H and O–H groups in total. The van der Waals surface area contributed by atoms with Crippen LogP contribution in [0, 0.1) is 5.92 Å². The zero-order valence-corrected chi connectivity index (χ0v) is 23.5. The summed E-state index contributed by atoms with van der Waals surface area (Å²) in [6, 6.07) is 21.4. The van der Waals surface area contributed by atoms with Crippen molar-refractivity contribution in [2.45, 2.75) is 32.5 Å². The predicted octanol–water partition coefficient (Wildman–Crippen LogP) is 4.69. The van der Waals surface area contributed by atoms with Crippen molar-refractivity contribution in [3.8, 4) is 11.5 Å². The number of likely N-dealkylation sites (N-methyl/N-ethyl adjacent to an activating group) is 1. The average molecular weight is 547 g/mol. The van der Waals surface area contributed by atoms with Gasteiger partial charge in [-0.25, -0.2) is 4.79 Å². The molecule has 1 heterocycles. The third-order valence-corrected chi connectivity index (χ3v) is 7.06. The number of nitrogens with one attached hydrogen (secondary N) is 2. The Balaban J connectivity index is 1.54. The summed E-state index contributed by atoms with van der Waals surface area (Å²) in [6.45, 7) is 5.50. The van der Waals surface area contributed by atoms with Crippen molar-refractivity contribution in [1.82, 2.24) is 9.80 Å². The number of para-hydroxylation sites is 1. The van der Waals surface area contributed by atoms with E-state index < -0.39 is 6.03 Å². The fourth-order valence-electron chi connectivity index (χ4n) is 4.75. The van der Waals surface area contributed by atoms with Crippen LogP contribution in [0.1, 0.15) is 29.8 Å². The number of benzene rings is 3. The number of ether oxygens (including phenoxy) is 2. The number of rotatable bonds is 9. The maximum absolute atomic E-state index is 13.7. The van der Waals surface area contributed by atoms with Crippen molar-refractivity contribution in [3.05, 3.63) is 83.9 Å². The minimum atomic E-state index is -0.419. The van der Waals surface area contributed by atoms with Gasteiger partial charge >= 0.3 is 6.03 Å². The number of hydrogen-bond acceptors (Lipinski definition) is 6. The molecule has 4 rings (SSSR count). The molecule has 0 aliphatic carbocycles. The quantitative estimate of drug-likeness (QED) is 0.360. The maximum atomic E-state index is 13.7. The number of carbonyl (C=O) groups excluding carboxylic acids is 2. The molecule has 3 amide bonds. The van der Waals surface area contributed by atoms with E-state index >= 15 is 0 Å². The summed E-state index contributed by atoms with van der Waals surface area (Å²) in [5.41, 5.74) is 2.61. The summed E-state index contributed by atoms with van der Waals surface area (Å²) in [7, 11) is 3.69. The van der Waals surface area contributed by atoms with Gasteiger partial charge in [0.05, 0.1) is 25.3 Å². The molecule has 3 aromatic carbocycles. The van der Waals surface area contributed by atoms with Crippen LogP contribution in [0.5, 0.6) is 11.5 Å². The number of amides is 3. The summed E-state index contributed by atoms with van der Waals surface area (Å²) in [6.07, 6.45) is -0.219. The number of methoxy groups -OCH3 is 1. The number of aliphatic hydroxyl groups excluding tert-OH is 1.